The Hall–Kier alpha value is 1.52. The van der Waals surface area contributed by atoms with Gasteiger partial charge in [-0.05, 0) is 79.9 Å². The fourth-order valence-corrected chi connectivity index (χ4v) is 5.50. The van der Waals surface area contributed by atoms with Crippen molar-refractivity contribution in [2.45, 2.75) is 5.25 Å². The maximum absolute atomic E-state index is 12.0. The predicted octanol–water partition coefficient (Wildman–Crippen LogP) is 3.01. The van der Waals surface area contributed by atoms with E-state index < -0.39 is 27.9 Å². The van der Waals surface area contributed by atoms with Crippen LogP contribution in [-0.4, -0.2) is 35.2 Å². The van der Waals surface area contributed by atoms with E-state index in [-0.39, 0.29) is 4.43 Å². The van der Waals surface area contributed by atoms with Crippen molar-refractivity contribution in [1.82, 2.24) is 0 Å². The van der Waals surface area contributed by atoms with Crippen LogP contribution in [-0.2, 0) is 14.9 Å². The van der Waals surface area contributed by atoms with Gasteiger partial charge in [0, 0.05) is 15.1 Å². The fourth-order valence-electron chi connectivity index (χ4n) is 1.16. The molecule has 0 amide bonds. The molecule has 0 aromatic heterocycles. The minimum absolute atomic E-state index is 0.0812. The van der Waals surface area contributed by atoms with E-state index in [1.54, 1.807) is 28.7 Å². The van der Waals surface area contributed by atoms with E-state index in [0.717, 1.165) is 10.7 Å². The molecule has 1 atom stereocenters. The van der Waals surface area contributed by atoms with Gasteiger partial charge in [0.25, 0.3) is 0 Å². The summed E-state index contributed by atoms with van der Waals surface area (Å²) in [6, 6.07) is 3.58. The van der Waals surface area contributed by atoms with Gasteiger partial charge in [-0.2, -0.15) is 0 Å². The second-order valence-electron chi connectivity index (χ2n) is 3.62. The second-order valence-corrected chi connectivity index (χ2v) is 9.64. The highest BCUT2D eigenvalue weighted by Crippen LogP contribution is 2.23. The molecule has 0 saturated heterocycles. The number of carbonyl (C=O) groups excluding carboxylic acids is 1. The largest absolute Gasteiger partial charge is 0.748 e. The molecule has 5 nitrogen and oxygen atoms in total. The molecule has 0 saturated carbocycles. The number of benzene rings is 1. The monoisotopic (exact) mass is 747 g/mol. The van der Waals surface area contributed by atoms with Crippen molar-refractivity contribution in [1.29, 1.82) is 0 Å². The quantitative estimate of drug-likeness (QED) is 0.152. The van der Waals surface area contributed by atoms with E-state index in [2.05, 4.69) is 45.2 Å². The number of hydrogen-bond donors (Lipinski definition) is 0. The van der Waals surface area contributed by atoms with E-state index in [4.69, 9.17) is 4.74 Å². The van der Waals surface area contributed by atoms with Crippen LogP contribution < -0.4 is 0 Å². The first-order chi connectivity index (χ1) is 9.16. The van der Waals surface area contributed by atoms with Gasteiger partial charge in [-0.3, -0.25) is 0 Å². The second kappa shape index (κ2) is 8.39. The van der Waals surface area contributed by atoms with Crippen LogP contribution in [0.4, 0.5) is 0 Å². The average molecular weight is 747 g/mol. The maximum atomic E-state index is 12.0. The van der Waals surface area contributed by atoms with Crippen molar-refractivity contribution in [3.8, 4) is 0 Å². The number of rotatable bonds is 5. The van der Waals surface area contributed by atoms with E-state index in [1.165, 1.54) is 0 Å². The first-order valence-corrected chi connectivity index (χ1v) is 11.2. The molecule has 0 heterocycles. The third kappa shape index (κ3) is 5.62. The molecular weight excluding hydrogens is 740 g/mol. The molecule has 1 rings (SSSR count). The molecule has 1 aromatic carbocycles. The summed E-state index contributed by atoms with van der Waals surface area (Å²) in [5.74, 6) is -0.621. The van der Waals surface area contributed by atoms with E-state index >= 15 is 0 Å². The normalized spacial score (nSPS) is 13.1. The summed E-state index contributed by atoms with van der Waals surface area (Å²) < 4.78 is 40.4. The Kier molecular flexibility index (Phi) is 8.21. The van der Waals surface area contributed by atoms with Gasteiger partial charge in [0.15, 0.2) is 0 Å². The van der Waals surface area contributed by atoms with Crippen molar-refractivity contribution in [3.63, 3.8) is 0 Å². The first-order valence-electron chi connectivity index (χ1n) is 4.99. The fraction of sp³-hybridized carbons (Fsp3) is 0.300. The molecule has 0 N–H and O–H groups in total. The molecular formula is C10H7I4O5S-. The van der Waals surface area contributed by atoms with Gasteiger partial charge in [0.05, 0.1) is 10.8 Å². The van der Waals surface area contributed by atoms with Crippen LogP contribution in [0.15, 0.2) is 12.1 Å². The highest BCUT2D eigenvalue weighted by Gasteiger charge is 2.20. The lowest BCUT2D eigenvalue weighted by atomic mass is 10.2. The Morgan fingerprint density at radius 1 is 1.30 bits per heavy atom. The van der Waals surface area contributed by atoms with E-state index in [1.807, 2.05) is 28.7 Å². The van der Waals surface area contributed by atoms with Crippen molar-refractivity contribution in [2.24, 2.45) is 0 Å². The summed E-state index contributed by atoms with van der Waals surface area (Å²) in [7, 11) is -4.46. The Morgan fingerprint density at radius 2 is 1.90 bits per heavy atom. The van der Waals surface area contributed by atoms with Crippen LogP contribution in [0.1, 0.15) is 10.4 Å². The zero-order valence-electron chi connectivity index (χ0n) is 9.61. The van der Waals surface area contributed by atoms with Crippen molar-refractivity contribution < 1.29 is 22.5 Å². The molecule has 0 fully saturated rings. The van der Waals surface area contributed by atoms with Gasteiger partial charge in [-0.15, -0.1) is 0 Å². The minimum Gasteiger partial charge on any atom is -0.748 e. The number of ether oxygens (including phenoxy) is 1. The standard InChI is InChI=1S/C10H8I4O5S/c11-3-6(20(16,17)18)4-19-10(15)7-1-5(12)2-8(13)9(7)14/h1-2,6H,3-4H2,(H,16,17,18)/p-1. The molecule has 1 aromatic rings. The Morgan fingerprint density at radius 3 is 2.40 bits per heavy atom. The van der Waals surface area contributed by atoms with Gasteiger partial charge in [0.2, 0.25) is 0 Å². The molecule has 20 heavy (non-hydrogen) atoms. The molecule has 0 aliphatic heterocycles. The summed E-state index contributed by atoms with van der Waals surface area (Å²) in [4.78, 5) is 12.0. The average Bonchev–Trinajstić information content (AvgIpc) is 2.32. The lowest BCUT2D eigenvalue weighted by molar-refractivity contribution is 0.0507. The van der Waals surface area contributed by atoms with Gasteiger partial charge in [-0.1, -0.05) is 22.6 Å². The molecule has 0 radical (unpaired) electrons. The zero-order chi connectivity index (χ0) is 15.5. The SMILES string of the molecule is O=C(OCC(CI)S(=O)(=O)[O-])c1cc(I)cc(I)c1I. The van der Waals surface area contributed by atoms with Gasteiger partial charge in [0.1, 0.15) is 16.7 Å². The van der Waals surface area contributed by atoms with Crippen LogP contribution in [0.5, 0.6) is 0 Å². The first kappa shape index (κ1) is 19.6. The molecule has 10 heteroatoms. The lowest BCUT2D eigenvalue weighted by Crippen LogP contribution is -2.29. The van der Waals surface area contributed by atoms with Gasteiger partial charge < -0.3 is 9.29 Å². The zero-order valence-corrected chi connectivity index (χ0v) is 19.1. The topological polar surface area (TPSA) is 83.5 Å². The summed E-state index contributed by atoms with van der Waals surface area (Å²) in [6.07, 6.45) is 0. The number of hydrogen-bond acceptors (Lipinski definition) is 5. The van der Waals surface area contributed by atoms with Crippen LogP contribution in [0.25, 0.3) is 0 Å². The number of alkyl halides is 1. The van der Waals surface area contributed by atoms with Gasteiger partial charge in [-0.25, -0.2) is 13.2 Å². The third-order valence-corrected chi connectivity index (χ3v) is 8.64. The number of halogens is 4. The number of carbonyl (C=O) groups is 1. The Bertz CT molecular complexity index is 616. The van der Waals surface area contributed by atoms with Crippen LogP contribution in [0, 0.1) is 10.7 Å². The van der Waals surface area contributed by atoms with Crippen molar-refractivity contribution in [3.05, 3.63) is 28.4 Å². The predicted molar refractivity (Wildman–Crippen MR) is 107 cm³/mol. The third-order valence-electron chi connectivity index (χ3n) is 2.19. The summed E-state index contributed by atoms with van der Waals surface area (Å²) in [6.45, 7) is -0.425. The molecule has 0 aliphatic carbocycles. The van der Waals surface area contributed by atoms with Crippen LogP contribution >= 0.6 is 90.4 Å². The lowest BCUT2D eigenvalue weighted by Gasteiger charge is -2.18. The Balaban J connectivity index is 2.88. The summed E-state index contributed by atoms with van der Waals surface area (Å²) in [5.41, 5.74) is 0.373. The summed E-state index contributed by atoms with van der Waals surface area (Å²) >= 11 is 7.99. The van der Waals surface area contributed by atoms with E-state index in [0.29, 0.717) is 5.56 Å². The maximum Gasteiger partial charge on any atom is 0.339 e. The highest BCUT2D eigenvalue weighted by molar-refractivity contribution is 14.1. The number of esters is 1. The van der Waals surface area contributed by atoms with Crippen molar-refractivity contribution in [2.75, 3.05) is 11.0 Å². The molecule has 0 aliphatic rings. The molecule has 0 bridgehead atoms. The highest BCUT2D eigenvalue weighted by atomic mass is 127. The molecule has 1 unspecified atom stereocenters. The summed E-state index contributed by atoms with van der Waals surface area (Å²) in [5, 5.41) is -1.22. The van der Waals surface area contributed by atoms with Crippen LogP contribution in [0.2, 0.25) is 0 Å². The van der Waals surface area contributed by atoms with Gasteiger partial charge >= 0.3 is 5.97 Å². The van der Waals surface area contributed by atoms with Crippen molar-refractivity contribution >= 4 is 106 Å². The van der Waals surface area contributed by atoms with E-state index in [9.17, 15) is 17.8 Å². The Labute approximate surface area is 171 Å². The molecule has 112 valence electrons. The smallest absolute Gasteiger partial charge is 0.339 e. The van der Waals surface area contributed by atoms with Crippen LogP contribution in [0.3, 0.4) is 0 Å². The minimum atomic E-state index is -4.46. The molecule has 0 spiro atoms.